The van der Waals surface area contributed by atoms with E-state index < -0.39 is 0 Å². The largest absolute Gasteiger partial charge is 0.339 e. The van der Waals surface area contributed by atoms with Crippen molar-refractivity contribution in [2.45, 2.75) is 19.8 Å². The molecule has 1 fully saturated rings. The third kappa shape index (κ3) is 4.26. The number of thiocarbonyl (C=S) groups is 1. The van der Waals surface area contributed by atoms with Crippen LogP contribution in [0.3, 0.4) is 0 Å². The summed E-state index contributed by atoms with van der Waals surface area (Å²) < 4.78 is 0. The second-order valence-corrected chi connectivity index (χ2v) is 6.73. The maximum absolute atomic E-state index is 12.7. The van der Waals surface area contributed by atoms with E-state index in [0.717, 1.165) is 31.5 Å². The summed E-state index contributed by atoms with van der Waals surface area (Å²) in [6, 6.07) is 14.5. The molecular formula is C20H21N3O2S. The molecule has 1 aliphatic rings. The smallest absolute Gasteiger partial charge is 0.257 e. The number of hydrogen-bond donors (Lipinski definition) is 2. The van der Waals surface area contributed by atoms with Crippen LogP contribution in [-0.2, 0) is 0 Å². The van der Waals surface area contributed by atoms with Crippen LogP contribution in [0.4, 0.5) is 5.69 Å². The molecule has 0 saturated carbocycles. The summed E-state index contributed by atoms with van der Waals surface area (Å²) in [5.41, 5.74) is 2.69. The van der Waals surface area contributed by atoms with E-state index in [-0.39, 0.29) is 16.9 Å². The number of aryl methyl sites for hydroxylation is 1. The van der Waals surface area contributed by atoms with Crippen molar-refractivity contribution in [3.63, 3.8) is 0 Å². The predicted octanol–water partition coefficient (Wildman–Crippen LogP) is 3.36. The first-order valence-electron chi connectivity index (χ1n) is 8.62. The van der Waals surface area contributed by atoms with Crippen molar-refractivity contribution in [3.8, 4) is 0 Å². The van der Waals surface area contributed by atoms with Gasteiger partial charge in [0.2, 0.25) is 0 Å². The van der Waals surface area contributed by atoms with Gasteiger partial charge in [-0.1, -0.05) is 29.8 Å². The number of hydrogen-bond acceptors (Lipinski definition) is 3. The molecule has 3 rings (SSSR count). The Kier molecular flexibility index (Phi) is 5.63. The van der Waals surface area contributed by atoms with Gasteiger partial charge in [0, 0.05) is 18.7 Å². The summed E-state index contributed by atoms with van der Waals surface area (Å²) in [5, 5.41) is 5.81. The lowest BCUT2D eigenvalue weighted by atomic mass is 10.1. The van der Waals surface area contributed by atoms with Crippen LogP contribution in [-0.4, -0.2) is 34.9 Å². The Bertz CT molecular complexity index is 844. The van der Waals surface area contributed by atoms with Gasteiger partial charge in [0.25, 0.3) is 11.8 Å². The van der Waals surface area contributed by atoms with Gasteiger partial charge < -0.3 is 10.2 Å². The van der Waals surface area contributed by atoms with Gasteiger partial charge in [0.1, 0.15) is 0 Å². The lowest BCUT2D eigenvalue weighted by molar-refractivity contribution is 0.0793. The minimum Gasteiger partial charge on any atom is -0.339 e. The van der Waals surface area contributed by atoms with Crippen LogP contribution < -0.4 is 10.6 Å². The maximum Gasteiger partial charge on any atom is 0.257 e. The number of rotatable bonds is 3. The summed E-state index contributed by atoms with van der Waals surface area (Å²) in [5.74, 6) is -0.298. The first-order chi connectivity index (χ1) is 12.5. The molecular weight excluding hydrogens is 346 g/mol. The van der Waals surface area contributed by atoms with E-state index in [4.69, 9.17) is 12.2 Å². The van der Waals surface area contributed by atoms with Crippen molar-refractivity contribution in [1.29, 1.82) is 0 Å². The number of para-hydroxylation sites is 1. The molecule has 1 saturated heterocycles. The SMILES string of the molecule is Cc1cccc(C(=O)NC(=S)Nc2ccccc2C(=O)N2CCCC2)c1. The molecule has 0 aliphatic carbocycles. The monoisotopic (exact) mass is 367 g/mol. The molecule has 2 N–H and O–H groups in total. The zero-order valence-electron chi connectivity index (χ0n) is 14.6. The van der Waals surface area contributed by atoms with Crippen LogP contribution >= 0.6 is 12.2 Å². The maximum atomic E-state index is 12.7. The zero-order valence-corrected chi connectivity index (χ0v) is 15.4. The highest BCUT2D eigenvalue weighted by Crippen LogP contribution is 2.20. The van der Waals surface area contributed by atoms with Crippen molar-refractivity contribution in [2.75, 3.05) is 18.4 Å². The summed E-state index contributed by atoms with van der Waals surface area (Å²) >= 11 is 5.26. The quantitative estimate of drug-likeness (QED) is 0.817. The highest BCUT2D eigenvalue weighted by atomic mass is 32.1. The molecule has 1 aliphatic heterocycles. The van der Waals surface area contributed by atoms with Gasteiger partial charge in [-0.3, -0.25) is 14.9 Å². The fourth-order valence-corrected chi connectivity index (χ4v) is 3.19. The van der Waals surface area contributed by atoms with Crippen molar-refractivity contribution < 1.29 is 9.59 Å². The average molecular weight is 367 g/mol. The van der Waals surface area contributed by atoms with Crippen LogP contribution in [0.2, 0.25) is 0 Å². The first kappa shape index (κ1) is 18.1. The molecule has 0 radical (unpaired) electrons. The van der Waals surface area contributed by atoms with Crippen molar-refractivity contribution in [1.82, 2.24) is 10.2 Å². The van der Waals surface area contributed by atoms with Crippen molar-refractivity contribution in [2.24, 2.45) is 0 Å². The van der Waals surface area contributed by atoms with Gasteiger partial charge in [-0.15, -0.1) is 0 Å². The molecule has 26 heavy (non-hydrogen) atoms. The summed E-state index contributed by atoms with van der Waals surface area (Å²) in [4.78, 5) is 26.8. The third-order valence-corrected chi connectivity index (χ3v) is 4.51. The number of nitrogens with zero attached hydrogens (tertiary/aromatic N) is 1. The Morgan fingerprint density at radius 2 is 1.77 bits per heavy atom. The Morgan fingerprint density at radius 3 is 2.50 bits per heavy atom. The van der Waals surface area contributed by atoms with Crippen molar-refractivity contribution >= 4 is 34.8 Å². The van der Waals surface area contributed by atoms with Gasteiger partial charge in [0.15, 0.2) is 5.11 Å². The highest BCUT2D eigenvalue weighted by molar-refractivity contribution is 7.80. The topological polar surface area (TPSA) is 61.4 Å². The van der Waals surface area contributed by atoms with E-state index in [1.807, 2.05) is 36.1 Å². The molecule has 0 unspecified atom stereocenters. The molecule has 1 heterocycles. The lowest BCUT2D eigenvalue weighted by Crippen LogP contribution is -2.35. The molecule has 0 atom stereocenters. The van der Waals surface area contributed by atoms with E-state index in [9.17, 15) is 9.59 Å². The summed E-state index contributed by atoms with van der Waals surface area (Å²) in [6.45, 7) is 3.48. The minimum atomic E-state index is -0.283. The zero-order chi connectivity index (χ0) is 18.5. The Hall–Kier alpha value is -2.73. The molecule has 6 heteroatoms. The molecule has 0 spiro atoms. The van der Waals surface area contributed by atoms with Crippen molar-refractivity contribution in [3.05, 3.63) is 65.2 Å². The predicted molar refractivity (Wildman–Crippen MR) is 106 cm³/mol. The fraction of sp³-hybridized carbons (Fsp3) is 0.250. The normalized spacial score (nSPS) is 13.3. The van der Waals surface area contributed by atoms with Gasteiger partial charge in [-0.2, -0.15) is 0 Å². The molecule has 2 aromatic rings. The first-order valence-corrected chi connectivity index (χ1v) is 9.03. The van der Waals surface area contributed by atoms with Crippen LogP contribution in [0, 0.1) is 6.92 Å². The third-order valence-electron chi connectivity index (χ3n) is 4.31. The summed E-state index contributed by atoms with van der Waals surface area (Å²) in [6.07, 6.45) is 2.07. The second kappa shape index (κ2) is 8.10. The number of nitrogens with one attached hydrogen (secondary N) is 2. The van der Waals surface area contributed by atoms with Crippen LogP contribution in [0.15, 0.2) is 48.5 Å². The molecule has 5 nitrogen and oxygen atoms in total. The Labute approximate surface area is 158 Å². The van der Waals surface area contributed by atoms with E-state index >= 15 is 0 Å². The Morgan fingerprint density at radius 1 is 1.04 bits per heavy atom. The van der Waals surface area contributed by atoms with Crippen LogP contribution in [0.25, 0.3) is 0 Å². The molecule has 134 valence electrons. The highest BCUT2D eigenvalue weighted by Gasteiger charge is 2.22. The van der Waals surface area contributed by atoms with E-state index in [1.54, 1.807) is 24.3 Å². The minimum absolute atomic E-state index is 0.0154. The average Bonchev–Trinajstić information content (AvgIpc) is 3.16. The second-order valence-electron chi connectivity index (χ2n) is 6.32. The van der Waals surface area contributed by atoms with Gasteiger partial charge >= 0.3 is 0 Å². The number of carbonyl (C=O) groups excluding carboxylic acids is 2. The lowest BCUT2D eigenvalue weighted by Gasteiger charge is -2.18. The van der Waals surface area contributed by atoms with Gasteiger partial charge in [-0.25, -0.2) is 0 Å². The number of carbonyl (C=O) groups is 2. The van der Waals surface area contributed by atoms with Gasteiger partial charge in [-0.05, 0) is 56.2 Å². The summed E-state index contributed by atoms with van der Waals surface area (Å²) in [7, 11) is 0. The number of amides is 2. The van der Waals surface area contributed by atoms with E-state index in [1.165, 1.54) is 0 Å². The number of anilines is 1. The van der Waals surface area contributed by atoms with E-state index in [0.29, 0.717) is 16.8 Å². The van der Waals surface area contributed by atoms with Gasteiger partial charge in [0.05, 0.1) is 11.3 Å². The number of likely N-dealkylation sites (tertiary alicyclic amines) is 1. The Balaban J connectivity index is 1.69. The fourth-order valence-electron chi connectivity index (χ4n) is 2.98. The molecule has 0 bridgehead atoms. The molecule has 2 amide bonds. The number of benzene rings is 2. The molecule has 2 aromatic carbocycles. The molecule has 0 aromatic heterocycles. The van der Waals surface area contributed by atoms with Crippen LogP contribution in [0.5, 0.6) is 0 Å². The van der Waals surface area contributed by atoms with E-state index in [2.05, 4.69) is 10.6 Å². The van der Waals surface area contributed by atoms with Crippen LogP contribution in [0.1, 0.15) is 39.1 Å². The standard InChI is InChI=1S/C20H21N3O2S/c1-14-7-6-8-15(13-14)18(24)22-20(26)21-17-10-3-2-9-16(17)19(25)23-11-4-5-12-23/h2-3,6-10,13H,4-5,11-12H2,1H3,(H2,21,22,24,26).